The minimum absolute atomic E-state index is 0.0430. The van der Waals surface area contributed by atoms with E-state index in [1.165, 1.54) is 26.4 Å². The molecule has 1 N–H and O–H groups in total. The van der Waals surface area contributed by atoms with Crippen LogP contribution >= 0.6 is 0 Å². The largest absolute Gasteiger partial charge is 0.497 e. The van der Waals surface area contributed by atoms with Crippen molar-refractivity contribution in [2.24, 2.45) is 0 Å². The summed E-state index contributed by atoms with van der Waals surface area (Å²) in [6, 6.07) is 13.5. The van der Waals surface area contributed by atoms with Crippen LogP contribution in [-0.2, 0) is 16.6 Å². The maximum absolute atomic E-state index is 12.7. The average Bonchev–Trinajstić information content (AvgIpc) is 3.15. The van der Waals surface area contributed by atoms with E-state index in [0.717, 1.165) is 5.56 Å². The first kappa shape index (κ1) is 17.8. The van der Waals surface area contributed by atoms with Crippen molar-refractivity contribution in [1.82, 2.24) is 9.78 Å². The van der Waals surface area contributed by atoms with Gasteiger partial charge in [0.05, 0.1) is 20.8 Å². The topological polar surface area (TPSA) is 82.5 Å². The Hall–Kier alpha value is -3.00. The first-order valence-corrected chi connectivity index (χ1v) is 9.31. The number of hydrogen-bond donors (Lipinski definition) is 1. The highest BCUT2D eigenvalue weighted by atomic mass is 32.2. The molecule has 0 amide bonds. The molecule has 8 heteroatoms. The van der Waals surface area contributed by atoms with E-state index < -0.39 is 10.0 Å². The summed E-state index contributed by atoms with van der Waals surface area (Å²) in [5.41, 5.74) is 1.48. The van der Waals surface area contributed by atoms with Crippen LogP contribution < -0.4 is 14.2 Å². The molecule has 0 unspecified atom stereocenters. The van der Waals surface area contributed by atoms with Crippen molar-refractivity contribution >= 4 is 15.7 Å². The molecule has 136 valence electrons. The number of sulfonamides is 1. The van der Waals surface area contributed by atoms with Gasteiger partial charge in [0.25, 0.3) is 10.0 Å². The van der Waals surface area contributed by atoms with E-state index in [2.05, 4.69) is 9.82 Å². The quantitative estimate of drug-likeness (QED) is 0.689. The molecule has 0 saturated heterocycles. The molecule has 0 spiro atoms. The lowest BCUT2D eigenvalue weighted by Crippen LogP contribution is -2.14. The van der Waals surface area contributed by atoms with Gasteiger partial charge in [0.2, 0.25) is 0 Å². The number of nitrogens with zero attached hydrogens (tertiary/aromatic N) is 2. The molecule has 0 aliphatic carbocycles. The molecule has 0 fully saturated rings. The van der Waals surface area contributed by atoms with Gasteiger partial charge in [-0.25, -0.2) is 8.42 Å². The second-order valence-electron chi connectivity index (χ2n) is 5.52. The highest BCUT2D eigenvalue weighted by Crippen LogP contribution is 2.29. The van der Waals surface area contributed by atoms with E-state index in [0.29, 0.717) is 18.0 Å². The fraction of sp³-hybridized carbons (Fsp3) is 0.167. The fourth-order valence-corrected chi connectivity index (χ4v) is 3.68. The summed E-state index contributed by atoms with van der Waals surface area (Å²) >= 11 is 0. The van der Waals surface area contributed by atoms with E-state index >= 15 is 0 Å². The molecule has 0 bridgehead atoms. The van der Waals surface area contributed by atoms with E-state index in [-0.39, 0.29) is 10.6 Å². The van der Waals surface area contributed by atoms with Crippen molar-refractivity contribution in [3.05, 3.63) is 66.5 Å². The van der Waals surface area contributed by atoms with Crippen molar-refractivity contribution < 1.29 is 17.9 Å². The van der Waals surface area contributed by atoms with Crippen molar-refractivity contribution in [3.8, 4) is 11.5 Å². The van der Waals surface area contributed by atoms with Gasteiger partial charge in [0.15, 0.2) is 0 Å². The third-order valence-electron chi connectivity index (χ3n) is 3.77. The Bertz CT molecular complexity index is 968. The second kappa shape index (κ2) is 7.49. The van der Waals surface area contributed by atoms with Crippen LogP contribution in [0.15, 0.2) is 65.8 Å². The van der Waals surface area contributed by atoms with Crippen LogP contribution in [0.1, 0.15) is 5.56 Å². The minimum Gasteiger partial charge on any atom is -0.497 e. The van der Waals surface area contributed by atoms with E-state index in [9.17, 15) is 8.42 Å². The van der Waals surface area contributed by atoms with E-state index in [1.807, 2.05) is 24.4 Å². The molecule has 2 aromatic carbocycles. The highest BCUT2D eigenvalue weighted by Gasteiger charge is 2.20. The van der Waals surface area contributed by atoms with Gasteiger partial charge < -0.3 is 9.47 Å². The van der Waals surface area contributed by atoms with Gasteiger partial charge in [0, 0.05) is 24.1 Å². The highest BCUT2D eigenvalue weighted by molar-refractivity contribution is 7.92. The summed E-state index contributed by atoms with van der Waals surface area (Å²) in [5, 5.41) is 4.15. The predicted octanol–water partition coefficient (Wildman–Crippen LogP) is 2.75. The van der Waals surface area contributed by atoms with Gasteiger partial charge in [-0.15, -0.1) is 0 Å². The number of methoxy groups -OCH3 is 2. The maximum atomic E-state index is 12.7. The Labute approximate surface area is 152 Å². The van der Waals surface area contributed by atoms with Gasteiger partial charge in [-0.3, -0.25) is 9.40 Å². The number of ether oxygens (including phenoxy) is 2. The Morgan fingerprint density at radius 2 is 1.85 bits per heavy atom. The molecule has 0 radical (unpaired) electrons. The number of benzene rings is 2. The average molecular weight is 373 g/mol. The maximum Gasteiger partial charge on any atom is 0.265 e. The zero-order valence-corrected chi connectivity index (χ0v) is 15.2. The molecule has 3 rings (SSSR count). The van der Waals surface area contributed by atoms with E-state index in [1.54, 1.807) is 29.1 Å². The number of anilines is 1. The molecular formula is C18H19N3O4S. The standard InChI is InChI=1S/C18H19N3O4S/c1-24-16-8-9-18(17(12-16)25-2)26(22,23)20-15-6-4-14(5-7-15)13-21-11-3-10-19-21/h3-12,20H,13H2,1-2H3. The number of aromatic nitrogens is 2. The lowest BCUT2D eigenvalue weighted by Gasteiger charge is -2.13. The third kappa shape index (κ3) is 3.97. The Kier molecular flexibility index (Phi) is 5.13. The van der Waals surface area contributed by atoms with Gasteiger partial charge in [-0.05, 0) is 35.9 Å². The minimum atomic E-state index is -3.79. The van der Waals surface area contributed by atoms with Crippen LogP contribution in [0.2, 0.25) is 0 Å². The number of hydrogen-bond acceptors (Lipinski definition) is 5. The van der Waals surface area contributed by atoms with Gasteiger partial charge >= 0.3 is 0 Å². The van der Waals surface area contributed by atoms with E-state index in [4.69, 9.17) is 9.47 Å². The normalized spacial score (nSPS) is 11.2. The second-order valence-corrected chi connectivity index (χ2v) is 7.17. The van der Waals surface area contributed by atoms with Gasteiger partial charge in [-0.2, -0.15) is 5.10 Å². The van der Waals surface area contributed by atoms with Crippen molar-refractivity contribution in [3.63, 3.8) is 0 Å². The number of nitrogens with one attached hydrogen (secondary N) is 1. The lowest BCUT2D eigenvalue weighted by atomic mass is 10.2. The molecule has 0 aliphatic rings. The van der Waals surface area contributed by atoms with Gasteiger partial charge in [0.1, 0.15) is 16.4 Å². The number of rotatable bonds is 7. The third-order valence-corrected chi connectivity index (χ3v) is 5.19. The monoisotopic (exact) mass is 373 g/mol. The molecule has 0 saturated carbocycles. The first-order valence-electron chi connectivity index (χ1n) is 7.83. The van der Waals surface area contributed by atoms with Gasteiger partial charge in [-0.1, -0.05) is 12.1 Å². The summed E-state index contributed by atoms with van der Waals surface area (Å²) in [6.45, 7) is 0.617. The van der Waals surface area contributed by atoms with Crippen LogP contribution in [-0.4, -0.2) is 32.4 Å². The molecular weight excluding hydrogens is 354 g/mol. The Morgan fingerprint density at radius 1 is 1.08 bits per heavy atom. The van der Waals surface area contributed by atoms with Crippen LogP contribution in [0, 0.1) is 0 Å². The predicted molar refractivity (Wildman–Crippen MR) is 98.1 cm³/mol. The molecule has 26 heavy (non-hydrogen) atoms. The van der Waals surface area contributed by atoms with Crippen LogP contribution in [0.5, 0.6) is 11.5 Å². The van der Waals surface area contributed by atoms with Crippen LogP contribution in [0.3, 0.4) is 0 Å². The fourth-order valence-electron chi connectivity index (χ4n) is 2.47. The summed E-state index contributed by atoms with van der Waals surface area (Å²) < 4.78 is 40.0. The summed E-state index contributed by atoms with van der Waals surface area (Å²) in [7, 11) is -0.871. The first-order chi connectivity index (χ1) is 12.5. The molecule has 1 heterocycles. The molecule has 3 aromatic rings. The molecule has 1 aromatic heterocycles. The van der Waals surface area contributed by atoms with Crippen molar-refractivity contribution in [2.45, 2.75) is 11.4 Å². The Balaban J connectivity index is 1.79. The molecule has 7 nitrogen and oxygen atoms in total. The lowest BCUT2D eigenvalue weighted by molar-refractivity contribution is 0.386. The zero-order valence-electron chi connectivity index (χ0n) is 14.4. The SMILES string of the molecule is COc1ccc(S(=O)(=O)Nc2ccc(Cn3cccn3)cc2)c(OC)c1. The van der Waals surface area contributed by atoms with Crippen LogP contribution in [0.4, 0.5) is 5.69 Å². The molecule has 0 aliphatic heterocycles. The van der Waals surface area contributed by atoms with Crippen molar-refractivity contribution in [2.75, 3.05) is 18.9 Å². The zero-order chi connectivity index (χ0) is 18.6. The summed E-state index contributed by atoms with van der Waals surface area (Å²) in [4.78, 5) is 0.0430. The Morgan fingerprint density at radius 3 is 2.46 bits per heavy atom. The molecule has 0 atom stereocenters. The summed E-state index contributed by atoms with van der Waals surface area (Å²) in [6.07, 6.45) is 3.58. The smallest absolute Gasteiger partial charge is 0.265 e. The van der Waals surface area contributed by atoms with Crippen LogP contribution in [0.25, 0.3) is 0 Å². The van der Waals surface area contributed by atoms with Crippen molar-refractivity contribution in [1.29, 1.82) is 0 Å². The summed E-state index contributed by atoms with van der Waals surface area (Å²) in [5.74, 6) is 0.732.